The zero-order valence-corrected chi connectivity index (χ0v) is 12.2. The van der Waals surface area contributed by atoms with Gasteiger partial charge >= 0.3 is 0 Å². The van der Waals surface area contributed by atoms with Crippen molar-refractivity contribution >= 4 is 0 Å². The molecular weight excluding hydrogens is 222 g/mol. The predicted molar refractivity (Wildman–Crippen MR) is 74.3 cm³/mol. The minimum Gasteiger partial charge on any atom is -0.389 e. The summed E-state index contributed by atoms with van der Waals surface area (Å²) >= 11 is 0. The van der Waals surface area contributed by atoms with Crippen LogP contribution in [0.5, 0.6) is 0 Å². The van der Waals surface area contributed by atoms with Crippen molar-refractivity contribution < 1.29 is 5.11 Å². The molecule has 1 atom stereocenters. The summed E-state index contributed by atoms with van der Waals surface area (Å²) in [5.74, 6) is 4.17. The second-order valence-electron chi connectivity index (χ2n) is 7.85. The van der Waals surface area contributed by atoms with E-state index >= 15 is 0 Å². The summed E-state index contributed by atoms with van der Waals surface area (Å²) in [6.07, 6.45) is 7.09. The summed E-state index contributed by atoms with van der Waals surface area (Å²) in [5.41, 5.74) is -0.507. The molecule has 18 heavy (non-hydrogen) atoms. The van der Waals surface area contributed by atoms with Gasteiger partial charge in [-0.25, -0.2) is 0 Å². The maximum Gasteiger partial charge on any atom is 0.0776 e. The first kappa shape index (κ1) is 12.9. The van der Waals surface area contributed by atoms with E-state index in [0.29, 0.717) is 12.0 Å². The molecule has 4 aliphatic rings. The summed E-state index contributed by atoms with van der Waals surface area (Å²) in [7, 11) is 0. The monoisotopic (exact) mass is 251 g/mol. The first-order chi connectivity index (χ1) is 8.45. The summed E-state index contributed by atoms with van der Waals surface area (Å²) in [6, 6.07) is 0.466. The summed E-state index contributed by atoms with van der Waals surface area (Å²) in [5, 5.41) is 14.4. The quantitative estimate of drug-likeness (QED) is 0.805. The highest BCUT2D eigenvalue weighted by Gasteiger charge is 2.53. The Labute approximate surface area is 112 Å². The fourth-order valence-corrected chi connectivity index (χ4v) is 5.47. The zero-order valence-electron chi connectivity index (χ0n) is 12.2. The standard InChI is InChI=1S/C16H29NO/c1-10(2)17-9-16(3,18)15-13-5-11-4-12(7-13)8-14(15)6-11/h10-15,17-18H,4-9H2,1-3H3. The van der Waals surface area contributed by atoms with Gasteiger partial charge in [-0.1, -0.05) is 13.8 Å². The Bertz CT molecular complexity index is 282. The second kappa shape index (κ2) is 4.49. The third-order valence-corrected chi connectivity index (χ3v) is 5.81. The van der Waals surface area contributed by atoms with E-state index < -0.39 is 5.60 Å². The van der Waals surface area contributed by atoms with Crippen molar-refractivity contribution in [3.8, 4) is 0 Å². The Morgan fingerprint density at radius 2 is 1.56 bits per heavy atom. The number of hydrogen-bond acceptors (Lipinski definition) is 2. The molecule has 2 N–H and O–H groups in total. The van der Waals surface area contributed by atoms with Gasteiger partial charge in [0.2, 0.25) is 0 Å². The van der Waals surface area contributed by atoms with Crippen LogP contribution in [0, 0.1) is 29.6 Å². The van der Waals surface area contributed by atoms with Crippen LogP contribution in [0.3, 0.4) is 0 Å². The molecule has 0 spiro atoms. The summed E-state index contributed by atoms with van der Waals surface area (Å²) in [6.45, 7) is 7.16. The Morgan fingerprint density at radius 3 is 2.00 bits per heavy atom. The van der Waals surface area contributed by atoms with Gasteiger partial charge in [0, 0.05) is 12.6 Å². The molecule has 4 rings (SSSR count). The third-order valence-electron chi connectivity index (χ3n) is 5.81. The second-order valence-corrected chi connectivity index (χ2v) is 7.85. The minimum atomic E-state index is -0.507. The van der Waals surface area contributed by atoms with E-state index in [9.17, 15) is 5.11 Å². The van der Waals surface area contributed by atoms with Crippen molar-refractivity contribution in [2.24, 2.45) is 29.6 Å². The normalized spacial score (nSPS) is 45.5. The first-order valence-corrected chi connectivity index (χ1v) is 7.91. The van der Waals surface area contributed by atoms with Gasteiger partial charge in [-0.2, -0.15) is 0 Å². The molecule has 4 aliphatic carbocycles. The van der Waals surface area contributed by atoms with Crippen molar-refractivity contribution in [2.75, 3.05) is 6.54 Å². The van der Waals surface area contributed by atoms with Crippen LogP contribution in [0.1, 0.15) is 52.9 Å². The molecule has 2 nitrogen and oxygen atoms in total. The molecular formula is C16H29NO. The van der Waals surface area contributed by atoms with Crippen LogP contribution in [0.25, 0.3) is 0 Å². The summed E-state index contributed by atoms with van der Waals surface area (Å²) < 4.78 is 0. The predicted octanol–water partition coefficient (Wildman–Crippen LogP) is 2.81. The van der Waals surface area contributed by atoms with Crippen LogP contribution in [-0.4, -0.2) is 23.3 Å². The lowest BCUT2D eigenvalue weighted by Gasteiger charge is -2.58. The maximum absolute atomic E-state index is 10.9. The topological polar surface area (TPSA) is 32.3 Å². The van der Waals surface area contributed by atoms with Crippen molar-refractivity contribution in [1.29, 1.82) is 0 Å². The van der Waals surface area contributed by atoms with Crippen LogP contribution >= 0.6 is 0 Å². The number of hydrogen-bond donors (Lipinski definition) is 2. The van der Waals surface area contributed by atoms with Gasteiger partial charge in [0.05, 0.1) is 5.60 Å². The van der Waals surface area contributed by atoms with Gasteiger partial charge in [-0.3, -0.25) is 0 Å². The average molecular weight is 251 g/mol. The first-order valence-electron chi connectivity index (χ1n) is 7.91. The molecule has 4 fully saturated rings. The van der Waals surface area contributed by atoms with E-state index in [1.165, 1.54) is 32.1 Å². The molecule has 2 heteroatoms. The van der Waals surface area contributed by atoms with E-state index in [1.54, 1.807) is 0 Å². The smallest absolute Gasteiger partial charge is 0.0776 e. The van der Waals surface area contributed by atoms with Gasteiger partial charge in [0.25, 0.3) is 0 Å². The molecule has 0 amide bonds. The van der Waals surface area contributed by atoms with E-state index in [0.717, 1.165) is 30.2 Å². The molecule has 0 aromatic rings. The largest absolute Gasteiger partial charge is 0.389 e. The Kier molecular flexibility index (Phi) is 3.22. The lowest BCUT2D eigenvalue weighted by Crippen LogP contribution is -2.57. The van der Waals surface area contributed by atoms with Crippen molar-refractivity contribution in [1.82, 2.24) is 5.32 Å². The minimum absolute atomic E-state index is 0.466. The molecule has 0 aliphatic heterocycles. The number of nitrogens with one attached hydrogen (secondary N) is 1. The van der Waals surface area contributed by atoms with E-state index in [2.05, 4.69) is 26.1 Å². The molecule has 0 radical (unpaired) electrons. The number of aliphatic hydroxyl groups is 1. The molecule has 0 saturated heterocycles. The lowest BCUT2D eigenvalue weighted by atomic mass is 9.49. The zero-order chi connectivity index (χ0) is 12.9. The van der Waals surface area contributed by atoms with Crippen molar-refractivity contribution in [3.05, 3.63) is 0 Å². The SMILES string of the molecule is CC(C)NCC(C)(O)C1C2CC3CC(C2)CC1C3. The lowest BCUT2D eigenvalue weighted by molar-refractivity contribution is -0.133. The Hall–Kier alpha value is -0.0800. The van der Waals surface area contributed by atoms with Crippen LogP contribution < -0.4 is 5.32 Å². The fraction of sp³-hybridized carbons (Fsp3) is 1.00. The maximum atomic E-state index is 10.9. The molecule has 1 unspecified atom stereocenters. The van der Waals surface area contributed by atoms with Gasteiger partial charge in [-0.15, -0.1) is 0 Å². The van der Waals surface area contributed by atoms with E-state index in [1.807, 2.05) is 0 Å². The number of rotatable bonds is 4. The van der Waals surface area contributed by atoms with Gasteiger partial charge < -0.3 is 10.4 Å². The fourth-order valence-electron chi connectivity index (χ4n) is 5.47. The Balaban J connectivity index is 1.71. The highest BCUT2D eigenvalue weighted by Crippen LogP contribution is 2.58. The van der Waals surface area contributed by atoms with E-state index in [4.69, 9.17) is 0 Å². The van der Waals surface area contributed by atoms with Gasteiger partial charge in [0.1, 0.15) is 0 Å². The average Bonchev–Trinajstić information content (AvgIpc) is 2.24. The van der Waals surface area contributed by atoms with Crippen LogP contribution in [-0.2, 0) is 0 Å². The van der Waals surface area contributed by atoms with Gasteiger partial charge in [0.15, 0.2) is 0 Å². The molecule has 0 aromatic heterocycles. The van der Waals surface area contributed by atoms with Crippen LogP contribution in [0.2, 0.25) is 0 Å². The van der Waals surface area contributed by atoms with Gasteiger partial charge in [-0.05, 0) is 68.6 Å². The highest BCUT2D eigenvalue weighted by atomic mass is 16.3. The molecule has 0 aromatic carbocycles. The molecule has 4 bridgehead atoms. The van der Waals surface area contributed by atoms with Crippen LogP contribution in [0.15, 0.2) is 0 Å². The van der Waals surface area contributed by atoms with Crippen molar-refractivity contribution in [2.45, 2.75) is 64.5 Å². The van der Waals surface area contributed by atoms with E-state index in [-0.39, 0.29) is 0 Å². The van der Waals surface area contributed by atoms with Crippen LogP contribution in [0.4, 0.5) is 0 Å². The highest BCUT2D eigenvalue weighted by molar-refractivity contribution is 5.04. The molecule has 0 heterocycles. The third kappa shape index (κ3) is 2.22. The molecule has 104 valence electrons. The molecule has 4 saturated carbocycles. The summed E-state index contributed by atoms with van der Waals surface area (Å²) in [4.78, 5) is 0. The Morgan fingerprint density at radius 1 is 1.06 bits per heavy atom. The van der Waals surface area contributed by atoms with Crippen molar-refractivity contribution in [3.63, 3.8) is 0 Å².